The molecule has 0 atom stereocenters. The number of nitro groups is 1. The molecule has 28 heavy (non-hydrogen) atoms. The molecule has 0 aliphatic carbocycles. The number of sulfonamides is 1. The van der Waals surface area contributed by atoms with Gasteiger partial charge in [-0.15, -0.1) is 11.3 Å². The number of ether oxygens (including phenoxy) is 1. The number of esters is 1. The van der Waals surface area contributed by atoms with Crippen LogP contribution in [0.1, 0.15) is 15.9 Å². The summed E-state index contributed by atoms with van der Waals surface area (Å²) in [6.45, 7) is -0.317. The molecular weight excluding hydrogens is 404 g/mol. The standard InChI is InChI=1S/C18H14N2O6S2/c21-18(26-12-13-6-1-4-9-16(13)20(22)23)14-7-2-3-8-15(14)19-28(24,25)17-10-5-11-27-17/h1-11,19H,12H2. The Kier molecular flexibility index (Phi) is 5.71. The Morgan fingerprint density at radius 2 is 1.79 bits per heavy atom. The number of nitrogens with zero attached hydrogens (tertiary/aromatic N) is 1. The minimum atomic E-state index is -3.84. The van der Waals surface area contributed by atoms with Crippen LogP contribution in [0.2, 0.25) is 0 Å². The molecule has 10 heteroatoms. The van der Waals surface area contributed by atoms with E-state index in [0.29, 0.717) is 0 Å². The van der Waals surface area contributed by atoms with Gasteiger partial charge >= 0.3 is 5.97 Å². The lowest BCUT2D eigenvalue weighted by molar-refractivity contribution is -0.385. The molecule has 0 amide bonds. The Morgan fingerprint density at radius 3 is 2.50 bits per heavy atom. The van der Waals surface area contributed by atoms with Gasteiger partial charge in [0.2, 0.25) is 0 Å². The summed E-state index contributed by atoms with van der Waals surface area (Å²) in [5, 5.41) is 12.7. The van der Waals surface area contributed by atoms with Crippen molar-refractivity contribution in [3.63, 3.8) is 0 Å². The number of carbonyl (C=O) groups is 1. The Labute approximate surface area is 164 Å². The summed E-state index contributed by atoms with van der Waals surface area (Å²) in [6, 6.07) is 14.9. The monoisotopic (exact) mass is 418 g/mol. The van der Waals surface area contributed by atoms with Crippen LogP contribution in [0.25, 0.3) is 0 Å². The zero-order chi connectivity index (χ0) is 20.1. The fourth-order valence-corrected chi connectivity index (χ4v) is 4.47. The van der Waals surface area contributed by atoms with Gasteiger partial charge in [0.25, 0.3) is 15.7 Å². The number of nitrogens with one attached hydrogen (secondary N) is 1. The maximum Gasteiger partial charge on any atom is 0.340 e. The van der Waals surface area contributed by atoms with Gasteiger partial charge in [-0.1, -0.05) is 30.3 Å². The van der Waals surface area contributed by atoms with Crippen molar-refractivity contribution in [1.29, 1.82) is 0 Å². The van der Waals surface area contributed by atoms with Crippen molar-refractivity contribution in [1.82, 2.24) is 0 Å². The fourth-order valence-electron chi connectivity index (χ4n) is 2.39. The predicted octanol–water partition coefficient (Wildman–Crippen LogP) is 3.81. The van der Waals surface area contributed by atoms with Crippen LogP contribution in [0.5, 0.6) is 0 Å². The summed E-state index contributed by atoms with van der Waals surface area (Å²) >= 11 is 1.04. The SMILES string of the molecule is O=C(OCc1ccccc1[N+](=O)[O-])c1ccccc1NS(=O)(=O)c1cccs1. The van der Waals surface area contributed by atoms with E-state index in [-0.39, 0.29) is 33.3 Å². The van der Waals surface area contributed by atoms with E-state index < -0.39 is 20.9 Å². The first-order valence-electron chi connectivity index (χ1n) is 7.93. The third kappa shape index (κ3) is 4.35. The van der Waals surface area contributed by atoms with Gasteiger partial charge in [0, 0.05) is 6.07 Å². The minimum Gasteiger partial charge on any atom is -0.457 e. The van der Waals surface area contributed by atoms with Crippen LogP contribution in [0.3, 0.4) is 0 Å². The van der Waals surface area contributed by atoms with E-state index in [0.717, 1.165) is 11.3 Å². The van der Waals surface area contributed by atoms with Crippen LogP contribution in [0.15, 0.2) is 70.3 Å². The first-order chi connectivity index (χ1) is 13.4. The highest BCUT2D eigenvalue weighted by Crippen LogP contribution is 2.24. The molecule has 1 N–H and O–H groups in total. The second-order valence-corrected chi connectivity index (χ2v) is 8.40. The molecule has 8 nitrogen and oxygen atoms in total. The van der Waals surface area contributed by atoms with Crippen LogP contribution in [0, 0.1) is 10.1 Å². The second kappa shape index (κ2) is 8.19. The number of nitro benzene ring substituents is 1. The molecule has 0 fully saturated rings. The van der Waals surface area contributed by atoms with E-state index in [9.17, 15) is 23.3 Å². The third-order valence-corrected chi connectivity index (χ3v) is 6.46. The van der Waals surface area contributed by atoms with Crippen molar-refractivity contribution in [2.45, 2.75) is 10.8 Å². The summed E-state index contributed by atoms with van der Waals surface area (Å²) in [4.78, 5) is 23.0. The van der Waals surface area contributed by atoms with E-state index >= 15 is 0 Å². The summed E-state index contributed by atoms with van der Waals surface area (Å²) in [7, 11) is -3.84. The van der Waals surface area contributed by atoms with Crippen molar-refractivity contribution in [2.24, 2.45) is 0 Å². The Balaban J connectivity index is 1.79. The van der Waals surface area contributed by atoms with Crippen LogP contribution >= 0.6 is 11.3 Å². The number of hydrogen-bond acceptors (Lipinski definition) is 7. The third-order valence-electron chi connectivity index (χ3n) is 3.70. The largest absolute Gasteiger partial charge is 0.457 e. The molecule has 0 spiro atoms. The molecular formula is C18H14N2O6S2. The molecule has 2 aromatic carbocycles. The van der Waals surface area contributed by atoms with Crippen molar-refractivity contribution < 1.29 is 22.9 Å². The first-order valence-corrected chi connectivity index (χ1v) is 10.3. The van der Waals surface area contributed by atoms with Crippen LogP contribution in [0.4, 0.5) is 11.4 Å². The summed E-state index contributed by atoms with van der Waals surface area (Å²) in [6.07, 6.45) is 0. The normalized spacial score (nSPS) is 11.0. The molecule has 0 saturated carbocycles. The lowest BCUT2D eigenvalue weighted by Crippen LogP contribution is -2.15. The molecule has 0 aliphatic rings. The highest BCUT2D eigenvalue weighted by molar-refractivity contribution is 7.94. The van der Waals surface area contributed by atoms with Crippen LogP contribution in [-0.2, 0) is 21.4 Å². The zero-order valence-corrected chi connectivity index (χ0v) is 15.9. The molecule has 0 aliphatic heterocycles. The average molecular weight is 418 g/mol. The Morgan fingerprint density at radius 1 is 1.07 bits per heavy atom. The predicted molar refractivity (Wildman–Crippen MR) is 104 cm³/mol. The fraction of sp³-hybridized carbons (Fsp3) is 0.0556. The maximum atomic E-state index is 12.5. The summed E-state index contributed by atoms with van der Waals surface area (Å²) in [5.41, 5.74) is 0.129. The summed E-state index contributed by atoms with van der Waals surface area (Å²) in [5.74, 6) is -0.803. The molecule has 3 rings (SSSR count). The number of hydrogen-bond donors (Lipinski definition) is 1. The zero-order valence-electron chi connectivity index (χ0n) is 14.3. The first kappa shape index (κ1) is 19.5. The van der Waals surface area contributed by atoms with Gasteiger partial charge < -0.3 is 4.74 Å². The topological polar surface area (TPSA) is 116 Å². The van der Waals surface area contributed by atoms with Gasteiger partial charge in [0.15, 0.2) is 0 Å². The van der Waals surface area contributed by atoms with Crippen LogP contribution in [-0.4, -0.2) is 19.3 Å². The maximum absolute atomic E-state index is 12.5. The molecule has 1 aromatic heterocycles. The van der Waals surface area contributed by atoms with Crippen LogP contribution < -0.4 is 4.72 Å². The van der Waals surface area contributed by atoms with E-state index in [1.54, 1.807) is 29.6 Å². The van der Waals surface area contributed by atoms with Crippen molar-refractivity contribution >= 4 is 38.7 Å². The lowest BCUT2D eigenvalue weighted by atomic mass is 10.2. The molecule has 0 bridgehead atoms. The lowest BCUT2D eigenvalue weighted by Gasteiger charge is -2.11. The minimum absolute atomic E-state index is 0.00113. The second-order valence-electron chi connectivity index (χ2n) is 5.55. The number of rotatable bonds is 7. The number of carbonyl (C=O) groups excluding carboxylic acids is 1. The van der Waals surface area contributed by atoms with Gasteiger partial charge in [-0.3, -0.25) is 14.8 Å². The van der Waals surface area contributed by atoms with Gasteiger partial charge in [0.1, 0.15) is 10.8 Å². The number of para-hydroxylation sites is 2. The van der Waals surface area contributed by atoms with E-state index in [2.05, 4.69) is 4.72 Å². The quantitative estimate of drug-likeness (QED) is 0.354. The smallest absolute Gasteiger partial charge is 0.340 e. The Hall–Kier alpha value is -3.24. The van der Waals surface area contributed by atoms with Gasteiger partial charge in [-0.2, -0.15) is 0 Å². The van der Waals surface area contributed by atoms with E-state index in [1.165, 1.54) is 36.4 Å². The molecule has 144 valence electrons. The molecule has 0 unspecified atom stereocenters. The molecule has 1 heterocycles. The molecule has 0 saturated heterocycles. The van der Waals surface area contributed by atoms with Crippen molar-refractivity contribution in [2.75, 3.05) is 4.72 Å². The Bertz CT molecular complexity index is 1110. The number of anilines is 1. The average Bonchev–Trinajstić information content (AvgIpc) is 3.22. The molecule has 3 aromatic rings. The van der Waals surface area contributed by atoms with Crippen molar-refractivity contribution in [3.05, 3.63) is 87.3 Å². The van der Waals surface area contributed by atoms with Gasteiger partial charge in [0.05, 0.1) is 21.7 Å². The number of thiophene rings is 1. The van der Waals surface area contributed by atoms with Gasteiger partial charge in [-0.05, 0) is 29.6 Å². The van der Waals surface area contributed by atoms with Crippen molar-refractivity contribution in [3.8, 4) is 0 Å². The van der Waals surface area contributed by atoms with E-state index in [1.807, 2.05) is 0 Å². The highest BCUT2D eigenvalue weighted by atomic mass is 32.2. The summed E-state index contributed by atoms with van der Waals surface area (Å²) < 4.78 is 32.5. The number of benzene rings is 2. The highest BCUT2D eigenvalue weighted by Gasteiger charge is 2.21. The van der Waals surface area contributed by atoms with E-state index in [4.69, 9.17) is 4.74 Å². The molecule has 0 radical (unpaired) electrons. The van der Waals surface area contributed by atoms with Gasteiger partial charge in [-0.25, -0.2) is 13.2 Å².